The van der Waals surface area contributed by atoms with Crippen LogP contribution < -0.4 is 0 Å². The molecule has 1 saturated carbocycles. The Morgan fingerprint density at radius 3 is 1.15 bits per heavy atom. The summed E-state index contributed by atoms with van der Waals surface area (Å²) in [6, 6.07) is 9.28. The Morgan fingerprint density at radius 1 is 0.519 bits per heavy atom. The molecule has 52 heavy (non-hydrogen) atoms. The molecule has 0 spiro atoms. The molecular formula is C42H46F6O2S2. The molecule has 0 amide bonds. The number of phenols is 2. The summed E-state index contributed by atoms with van der Waals surface area (Å²) in [6.45, 7) is 11.8. The first-order valence-corrected chi connectivity index (χ1v) is 19.7. The Kier molecular flexibility index (Phi) is 12.3. The molecule has 4 aromatic rings. The molecule has 1 fully saturated rings. The van der Waals surface area contributed by atoms with Gasteiger partial charge in [-0.15, -0.1) is 0 Å². The second-order valence-corrected chi connectivity index (χ2v) is 18.2. The Labute approximate surface area is 311 Å². The molecular weight excluding hydrogens is 715 g/mol. The van der Waals surface area contributed by atoms with Crippen LogP contribution in [0.1, 0.15) is 102 Å². The third-order valence-corrected chi connectivity index (χ3v) is 12.8. The first kappa shape index (κ1) is 40.0. The molecule has 280 valence electrons. The Morgan fingerprint density at radius 2 is 0.846 bits per heavy atom. The monoisotopic (exact) mass is 760 g/mol. The maximum absolute atomic E-state index is 15.0. The van der Waals surface area contributed by atoms with Gasteiger partial charge in [-0.05, 0) is 46.9 Å². The van der Waals surface area contributed by atoms with E-state index in [1.54, 1.807) is 35.7 Å². The number of hydrogen-bond donors (Lipinski definition) is 2. The molecule has 0 bridgehead atoms. The van der Waals surface area contributed by atoms with Crippen LogP contribution in [0, 0.1) is 34.9 Å². The number of benzene rings is 4. The third kappa shape index (κ3) is 9.09. The summed E-state index contributed by atoms with van der Waals surface area (Å²) in [5.41, 5.74) is 0.713. The molecule has 1 unspecified atom stereocenters. The van der Waals surface area contributed by atoms with Crippen LogP contribution in [0.3, 0.4) is 0 Å². The van der Waals surface area contributed by atoms with E-state index >= 15 is 0 Å². The normalized spacial score (nSPS) is 17.2. The molecule has 0 saturated heterocycles. The van der Waals surface area contributed by atoms with Crippen LogP contribution in [0.5, 0.6) is 11.5 Å². The predicted octanol–water partition coefficient (Wildman–Crippen LogP) is 13.1. The minimum absolute atomic E-state index is 0.0272. The summed E-state index contributed by atoms with van der Waals surface area (Å²) in [6.07, 6.45) is 5.94. The average molecular weight is 761 g/mol. The van der Waals surface area contributed by atoms with Crippen LogP contribution in [0.4, 0.5) is 26.3 Å². The number of hydrogen-bond acceptors (Lipinski definition) is 4. The maximum Gasteiger partial charge on any atom is 0.137 e. The molecule has 4 aromatic carbocycles. The van der Waals surface area contributed by atoms with Gasteiger partial charge in [0.1, 0.15) is 46.4 Å². The quantitative estimate of drug-likeness (QED) is 0.176. The highest BCUT2D eigenvalue weighted by molar-refractivity contribution is 8.03. The van der Waals surface area contributed by atoms with E-state index in [2.05, 4.69) is 0 Å². The van der Waals surface area contributed by atoms with Crippen molar-refractivity contribution in [2.75, 3.05) is 0 Å². The van der Waals surface area contributed by atoms with Gasteiger partial charge >= 0.3 is 0 Å². The molecule has 0 aliphatic heterocycles. The van der Waals surface area contributed by atoms with Crippen LogP contribution in [-0.4, -0.2) is 20.7 Å². The Balaban J connectivity index is 1.47. The van der Waals surface area contributed by atoms with Gasteiger partial charge in [-0.25, -0.2) is 26.3 Å². The minimum Gasteiger partial charge on any atom is -0.507 e. The van der Waals surface area contributed by atoms with Gasteiger partial charge in [0.2, 0.25) is 0 Å². The number of halogens is 6. The van der Waals surface area contributed by atoms with Gasteiger partial charge in [0, 0.05) is 68.5 Å². The number of phenolic OH excluding ortho intramolecular Hbond substituents is 2. The zero-order valence-electron chi connectivity index (χ0n) is 30.4. The van der Waals surface area contributed by atoms with Crippen molar-refractivity contribution in [2.45, 2.75) is 113 Å². The Hall–Kier alpha value is -3.24. The van der Waals surface area contributed by atoms with Gasteiger partial charge in [-0.3, -0.25) is 0 Å². The predicted molar refractivity (Wildman–Crippen MR) is 202 cm³/mol. The molecule has 1 aliphatic rings. The molecule has 0 radical (unpaired) electrons. The van der Waals surface area contributed by atoms with Crippen molar-refractivity contribution < 1.29 is 36.6 Å². The topological polar surface area (TPSA) is 40.5 Å². The standard InChI is InChI=1S/C42H46F6O2S2/c1-41(2,3)25-13-23(39(49)29(15-25)37-31(45)17-27(43)18-32(37)46)21-51-35-11-9-7-8-10-12-36(35)52-22-24-14-26(42(4,5)6)16-30(40(24)50)38-33(47)19-28(44)20-34(38)48/h13-20,35-36,49-50H,7-12,21-22H2,1-6H3/t35-,36?/m0/s1. The minimum atomic E-state index is -1.10. The van der Waals surface area contributed by atoms with Gasteiger partial charge in [0.05, 0.1) is 11.1 Å². The summed E-state index contributed by atoms with van der Waals surface area (Å²) < 4.78 is 87.6. The summed E-state index contributed by atoms with van der Waals surface area (Å²) >= 11 is 3.31. The lowest BCUT2D eigenvalue weighted by molar-refractivity contribution is 0.468. The second kappa shape index (κ2) is 16.0. The zero-order valence-corrected chi connectivity index (χ0v) is 32.0. The van der Waals surface area contributed by atoms with Crippen LogP contribution >= 0.6 is 23.5 Å². The fourth-order valence-corrected chi connectivity index (χ4v) is 9.71. The lowest BCUT2D eigenvalue weighted by atomic mass is 9.83. The summed E-state index contributed by atoms with van der Waals surface area (Å²) in [4.78, 5) is 0. The van der Waals surface area contributed by atoms with Gasteiger partial charge in [0.15, 0.2) is 0 Å². The second-order valence-electron chi connectivity index (χ2n) is 15.7. The molecule has 0 aromatic heterocycles. The van der Waals surface area contributed by atoms with Crippen molar-refractivity contribution in [3.63, 3.8) is 0 Å². The van der Waals surface area contributed by atoms with Crippen LogP contribution in [-0.2, 0) is 22.3 Å². The van der Waals surface area contributed by atoms with Gasteiger partial charge in [0.25, 0.3) is 0 Å². The van der Waals surface area contributed by atoms with Crippen molar-refractivity contribution in [3.8, 4) is 33.8 Å². The number of aromatic hydroxyl groups is 2. The maximum atomic E-state index is 15.0. The molecule has 1 aliphatic carbocycles. The van der Waals surface area contributed by atoms with Crippen LogP contribution in [0.25, 0.3) is 22.3 Å². The van der Waals surface area contributed by atoms with Gasteiger partial charge in [-0.2, -0.15) is 23.5 Å². The molecule has 2 nitrogen and oxygen atoms in total. The average Bonchev–Trinajstić information content (AvgIpc) is 3.01. The van der Waals surface area contributed by atoms with E-state index in [-0.39, 0.29) is 33.1 Å². The van der Waals surface area contributed by atoms with E-state index in [1.165, 1.54) is 0 Å². The first-order chi connectivity index (χ1) is 24.3. The largest absolute Gasteiger partial charge is 0.507 e. The van der Waals surface area contributed by atoms with Crippen molar-refractivity contribution in [3.05, 3.63) is 106 Å². The van der Waals surface area contributed by atoms with E-state index in [4.69, 9.17) is 0 Å². The van der Waals surface area contributed by atoms with Crippen LogP contribution in [0.2, 0.25) is 0 Å². The first-order valence-electron chi connectivity index (χ1n) is 17.6. The molecule has 5 rings (SSSR count). The lowest BCUT2D eigenvalue weighted by Gasteiger charge is -2.30. The smallest absolute Gasteiger partial charge is 0.137 e. The lowest BCUT2D eigenvalue weighted by Crippen LogP contribution is -2.22. The zero-order chi connectivity index (χ0) is 38.1. The molecule has 10 heteroatoms. The van der Waals surface area contributed by atoms with E-state index in [0.717, 1.165) is 49.7 Å². The Bertz CT molecular complexity index is 1750. The number of thioether (sulfide) groups is 2. The van der Waals surface area contributed by atoms with Gasteiger partial charge < -0.3 is 10.2 Å². The van der Waals surface area contributed by atoms with E-state index < -0.39 is 56.9 Å². The fraction of sp³-hybridized carbons (Fsp3) is 0.429. The van der Waals surface area contributed by atoms with Crippen molar-refractivity contribution >= 4 is 23.5 Å². The highest BCUT2D eigenvalue weighted by Gasteiger charge is 2.29. The molecule has 0 heterocycles. The van der Waals surface area contributed by atoms with Crippen LogP contribution in [0.15, 0.2) is 48.5 Å². The van der Waals surface area contributed by atoms with Crippen molar-refractivity contribution in [1.82, 2.24) is 0 Å². The van der Waals surface area contributed by atoms with Gasteiger partial charge in [-0.1, -0.05) is 79.4 Å². The fourth-order valence-electron chi connectivity index (χ4n) is 6.65. The highest BCUT2D eigenvalue weighted by Crippen LogP contribution is 2.45. The van der Waals surface area contributed by atoms with Crippen molar-refractivity contribution in [1.29, 1.82) is 0 Å². The van der Waals surface area contributed by atoms with E-state index in [0.29, 0.717) is 46.9 Å². The SMILES string of the molecule is CC(C)(C)c1cc(CSC2CCCCCC[C@@H]2SCc2cc(C(C)(C)C)cc(-c3c(F)cc(F)cc3F)c2O)c(O)c(-c2c(F)cc(F)cc2F)c1. The van der Waals surface area contributed by atoms with Crippen molar-refractivity contribution in [2.24, 2.45) is 0 Å². The van der Waals surface area contributed by atoms with E-state index in [1.807, 2.05) is 53.7 Å². The molecule has 2 N–H and O–H groups in total. The number of rotatable bonds is 8. The summed E-state index contributed by atoms with van der Waals surface area (Å²) in [5.74, 6) is -6.27. The molecule has 2 atom stereocenters. The summed E-state index contributed by atoms with van der Waals surface area (Å²) in [5, 5.41) is 23.1. The summed E-state index contributed by atoms with van der Waals surface area (Å²) in [7, 11) is 0. The van der Waals surface area contributed by atoms with E-state index in [9.17, 15) is 36.6 Å². The highest BCUT2D eigenvalue weighted by atomic mass is 32.2. The third-order valence-electron chi connectivity index (χ3n) is 9.71.